The number of carbonyl (C=O) groups is 1. The Morgan fingerprint density at radius 3 is 2.10 bits per heavy atom. The third kappa shape index (κ3) is 4.66. The molecule has 2 heterocycles. The van der Waals surface area contributed by atoms with Crippen LogP contribution < -0.4 is 4.90 Å². The van der Waals surface area contributed by atoms with Crippen LogP contribution in [-0.2, 0) is 6.18 Å². The Hall–Kier alpha value is -3.06. The van der Waals surface area contributed by atoms with E-state index in [2.05, 4.69) is 4.98 Å². The van der Waals surface area contributed by atoms with E-state index >= 15 is 0 Å². The lowest BCUT2D eigenvalue weighted by atomic mass is 10.0. The topological polar surface area (TPSA) is 36.4 Å². The monoisotopic (exact) mass is 445 g/mol. The predicted molar refractivity (Wildman–Crippen MR) is 114 cm³/mol. The zero-order chi connectivity index (χ0) is 22.0. The highest BCUT2D eigenvalue weighted by Gasteiger charge is 2.32. The standard InChI is InChI=1S/C23H19ClF3N3O/c24-20-14-19(23(25,26)27)15-28-21(20)29-10-12-30(13-11-29)22(31)18-8-6-17(7-9-18)16-4-2-1-3-5-16/h1-9,14-15H,10-13H2. The second-order valence-corrected chi connectivity index (χ2v) is 7.66. The quantitative estimate of drug-likeness (QED) is 0.543. The minimum Gasteiger partial charge on any atom is -0.352 e. The van der Waals surface area contributed by atoms with E-state index in [0.717, 1.165) is 23.4 Å². The number of hydrogen-bond donors (Lipinski definition) is 0. The summed E-state index contributed by atoms with van der Waals surface area (Å²) in [6.07, 6.45) is -3.70. The van der Waals surface area contributed by atoms with Gasteiger partial charge in [0.1, 0.15) is 5.82 Å². The molecule has 0 saturated carbocycles. The lowest BCUT2D eigenvalue weighted by Crippen LogP contribution is -2.49. The Bertz CT molecular complexity index is 1060. The maximum atomic E-state index is 12.9. The normalized spacial score (nSPS) is 14.6. The number of pyridine rings is 1. The highest BCUT2D eigenvalue weighted by Crippen LogP contribution is 2.33. The summed E-state index contributed by atoms with van der Waals surface area (Å²) in [7, 11) is 0. The number of carbonyl (C=O) groups excluding carboxylic acids is 1. The Labute approximate surface area is 182 Å². The van der Waals surface area contributed by atoms with Gasteiger partial charge in [-0.25, -0.2) is 4.98 Å². The first-order valence-electron chi connectivity index (χ1n) is 9.75. The third-order valence-electron chi connectivity index (χ3n) is 5.25. The highest BCUT2D eigenvalue weighted by atomic mass is 35.5. The molecule has 2 aromatic carbocycles. The van der Waals surface area contributed by atoms with E-state index in [0.29, 0.717) is 37.6 Å². The van der Waals surface area contributed by atoms with Crippen LogP contribution in [0.4, 0.5) is 19.0 Å². The maximum absolute atomic E-state index is 12.9. The van der Waals surface area contributed by atoms with Crippen molar-refractivity contribution in [3.63, 3.8) is 0 Å². The van der Waals surface area contributed by atoms with E-state index in [1.165, 1.54) is 0 Å². The molecule has 0 unspecified atom stereocenters. The van der Waals surface area contributed by atoms with Crippen LogP contribution in [0.5, 0.6) is 0 Å². The minimum atomic E-state index is -4.49. The molecule has 0 spiro atoms. The van der Waals surface area contributed by atoms with E-state index in [1.54, 1.807) is 9.80 Å². The second kappa shape index (κ2) is 8.59. The molecule has 0 aliphatic carbocycles. The van der Waals surface area contributed by atoms with Gasteiger partial charge in [0, 0.05) is 37.9 Å². The molecule has 1 saturated heterocycles. The van der Waals surface area contributed by atoms with E-state index in [9.17, 15) is 18.0 Å². The van der Waals surface area contributed by atoms with Crippen molar-refractivity contribution in [3.8, 4) is 11.1 Å². The number of nitrogens with zero attached hydrogens (tertiary/aromatic N) is 3. The summed E-state index contributed by atoms with van der Waals surface area (Å²) in [6, 6.07) is 18.3. The van der Waals surface area contributed by atoms with Crippen molar-refractivity contribution in [2.24, 2.45) is 0 Å². The molecule has 4 rings (SSSR count). The van der Waals surface area contributed by atoms with Crippen molar-refractivity contribution >= 4 is 23.3 Å². The summed E-state index contributed by atoms with van der Waals surface area (Å²) in [5, 5.41) is -0.0499. The van der Waals surface area contributed by atoms with E-state index in [4.69, 9.17) is 11.6 Å². The Balaban J connectivity index is 1.40. The molecule has 0 bridgehead atoms. The Morgan fingerprint density at radius 1 is 0.903 bits per heavy atom. The van der Waals surface area contributed by atoms with Crippen LogP contribution in [0.2, 0.25) is 5.02 Å². The number of anilines is 1. The molecule has 8 heteroatoms. The van der Waals surface area contributed by atoms with Crippen molar-refractivity contribution in [1.29, 1.82) is 0 Å². The van der Waals surface area contributed by atoms with Crippen molar-refractivity contribution < 1.29 is 18.0 Å². The van der Waals surface area contributed by atoms with Gasteiger partial charge in [0.05, 0.1) is 10.6 Å². The molecule has 0 radical (unpaired) electrons. The summed E-state index contributed by atoms with van der Waals surface area (Å²) >= 11 is 6.04. The van der Waals surface area contributed by atoms with Crippen LogP contribution >= 0.6 is 11.6 Å². The number of benzene rings is 2. The number of hydrogen-bond acceptors (Lipinski definition) is 3. The van der Waals surface area contributed by atoms with E-state index in [-0.39, 0.29) is 10.9 Å². The number of piperazine rings is 1. The molecule has 0 atom stereocenters. The SMILES string of the molecule is O=C(c1ccc(-c2ccccc2)cc1)N1CCN(c2ncc(C(F)(F)F)cc2Cl)CC1. The van der Waals surface area contributed by atoms with Crippen molar-refractivity contribution in [1.82, 2.24) is 9.88 Å². The lowest BCUT2D eigenvalue weighted by Gasteiger charge is -2.35. The van der Waals surface area contributed by atoms with Gasteiger partial charge >= 0.3 is 6.18 Å². The third-order valence-corrected chi connectivity index (χ3v) is 5.53. The first-order chi connectivity index (χ1) is 14.8. The van der Waals surface area contributed by atoms with Gasteiger partial charge in [-0.3, -0.25) is 4.79 Å². The number of rotatable bonds is 3. The summed E-state index contributed by atoms with van der Waals surface area (Å²) in [5.41, 5.74) is 1.83. The first kappa shape index (κ1) is 21.2. The molecule has 1 amide bonds. The number of alkyl halides is 3. The number of halogens is 4. The summed E-state index contributed by atoms with van der Waals surface area (Å²) in [6.45, 7) is 1.73. The molecule has 1 aromatic heterocycles. The molecular formula is C23H19ClF3N3O. The van der Waals surface area contributed by atoms with Crippen LogP contribution in [0.15, 0.2) is 66.9 Å². The molecule has 31 heavy (non-hydrogen) atoms. The maximum Gasteiger partial charge on any atom is 0.417 e. The van der Waals surface area contributed by atoms with Gasteiger partial charge in [0.2, 0.25) is 0 Å². The average Bonchev–Trinajstić information content (AvgIpc) is 2.79. The fourth-order valence-electron chi connectivity index (χ4n) is 3.56. The highest BCUT2D eigenvalue weighted by molar-refractivity contribution is 6.33. The molecule has 1 fully saturated rings. The summed E-state index contributed by atoms with van der Waals surface area (Å²) < 4.78 is 38.4. The molecule has 160 valence electrons. The van der Waals surface area contributed by atoms with Crippen LogP contribution in [-0.4, -0.2) is 42.0 Å². The van der Waals surface area contributed by atoms with Crippen molar-refractivity contribution in [3.05, 3.63) is 83.0 Å². The van der Waals surface area contributed by atoms with Gasteiger partial charge in [-0.1, -0.05) is 54.1 Å². The Morgan fingerprint density at radius 2 is 1.52 bits per heavy atom. The molecule has 1 aliphatic rings. The van der Waals surface area contributed by atoms with E-state index < -0.39 is 11.7 Å². The van der Waals surface area contributed by atoms with Crippen LogP contribution in [0.3, 0.4) is 0 Å². The van der Waals surface area contributed by atoms with Gasteiger partial charge in [0.25, 0.3) is 5.91 Å². The first-order valence-corrected chi connectivity index (χ1v) is 10.1. The molecule has 3 aromatic rings. The van der Waals surface area contributed by atoms with Gasteiger partial charge in [-0.2, -0.15) is 13.2 Å². The van der Waals surface area contributed by atoms with Crippen molar-refractivity contribution in [2.45, 2.75) is 6.18 Å². The second-order valence-electron chi connectivity index (χ2n) is 7.25. The zero-order valence-electron chi connectivity index (χ0n) is 16.4. The van der Waals surface area contributed by atoms with Gasteiger partial charge in [0.15, 0.2) is 0 Å². The van der Waals surface area contributed by atoms with E-state index in [1.807, 2.05) is 54.6 Å². The molecule has 1 aliphatic heterocycles. The van der Waals surface area contributed by atoms with Gasteiger partial charge in [-0.05, 0) is 29.3 Å². The fourth-order valence-corrected chi connectivity index (χ4v) is 3.84. The Kier molecular flexibility index (Phi) is 5.87. The summed E-state index contributed by atoms with van der Waals surface area (Å²) in [5.74, 6) is 0.222. The zero-order valence-corrected chi connectivity index (χ0v) is 17.2. The van der Waals surface area contributed by atoms with Gasteiger partial charge < -0.3 is 9.80 Å². The predicted octanol–water partition coefficient (Wildman–Crippen LogP) is 5.38. The molecule has 0 N–H and O–H groups in total. The lowest BCUT2D eigenvalue weighted by molar-refractivity contribution is -0.137. The van der Waals surface area contributed by atoms with Gasteiger partial charge in [-0.15, -0.1) is 0 Å². The minimum absolute atomic E-state index is 0.0499. The number of amides is 1. The van der Waals surface area contributed by atoms with Crippen LogP contribution in [0.25, 0.3) is 11.1 Å². The molecular weight excluding hydrogens is 427 g/mol. The smallest absolute Gasteiger partial charge is 0.352 e. The number of aromatic nitrogens is 1. The average molecular weight is 446 g/mol. The van der Waals surface area contributed by atoms with Crippen molar-refractivity contribution in [2.75, 3.05) is 31.1 Å². The summed E-state index contributed by atoms with van der Waals surface area (Å²) in [4.78, 5) is 20.3. The largest absolute Gasteiger partial charge is 0.417 e. The van der Waals surface area contributed by atoms with Crippen LogP contribution in [0.1, 0.15) is 15.9 Å². The fraction of sp³-hybridized carbons (Fsp3) is 0.217. The molecule has 4 nitrogen and oxygen atoms in total. The van der Waals surface area contributed by atoms with Crippen LogP contribution in [0, 0.1) is 0 Å².